The molecule has 1 saturated carbocycles. The maximum absolute atomic E-state index is 4.49. The van der Waals surface area contributed by atoms with Crippen LogP contribution in [0.15, 0.2) is 30.5 Å². The zero-order valence-corrected chi connectivity index (χ0v) is 16.5. The highest BCUT2D eigenvalue weighted by molar-refractivity contribution is 5.34. The molecule has 0 unspecified atom stereocenters. The van der Waals surface area contributed by atoms with Crippen molar-refractivity contribution in [2.45, 2.75) is 52.1 Å². The minimum atomic E-state index is 0.439. The molecule has 1 aliphatic carbocycles. The van der Waals surface area contributed by atoms with Gasteiger partial charge < -0.3 is 0 Å². The van der Waals surface area contributed by atoms with Crippen molar-refractivity contribution in [1.29, 1.82) is 0 Å². The zero-order valence-electron chi connectivity index (χ0n) is 16.5. The van der Waals surface area contributed by atoms with E-state index in [1.54, 1.807) is 5.56 Å². The first-order chi connectivity index (χ1) is 12.6. The van der Waals surface area contributed by atoms with Crippen LogP contribution in [0.5, 0.6) is 0 Å². The molecule has 1 aromatic heterocycles. The Bertz CT molecular complexity index is 734. The topological polar surface area (TPSA) is 24.3 Å². The third-order valence-corrected chi connectivity index (χ3v) is 6.41. The van der Waals surface area contributed by atoms with E-state index in [9.17, 15) is 0 Å². The monoisotopic (exact) mass is 352 g/mol. The van der Waals surface area contributed by atoms with E-state index in [1.807, 2.05) is 0 Å². The standard InChI is InChI=1S/C22H32N4/c1-4-26-19(3)20(15-23-26)16-24-11-13-25(14-12-24)17-22(9-10-22)21-7-5-18(2)6-8-21/h5-8,15H,4,9-14,16-17H2,1-3H3. The van der Waals surface area contributed by atoms with Gasteiger partial charge in [-0.2, -0.15) is 5.10 Å². The molecule has 0 amide bonds. The first kappa shape index (κ1) is 17.7. The van der Waals surface area contributed by atoms with Crippen molar-refractivity contribution in [1.82, 2.24) is 19.6 Å². The minimum absolute atomic E-state index is 0.439. The second-order valence-electron chi connectivity index (χ2n) is 8.27. The van der Waals surface area contributed by atoms with Gasteiger partial charge in [0.25, 0.3) is 0 Å². The summed E-state index contributed by atoms with van der Waals surface area (Å²) in [5.74, 6) is 0. The van der Waals surface area contributed by atoms with E-state index in [-0.39, 0.29) is 0 Å². The molecule has 4 nitrogen and oxygen atoms in total. The van der Waals surface area contributed by atoms with E-state index < -0.39 is 0 Å². The lowest BCUT2D eigenvalue weighted by molar-refractivity contribution is 0.119. The maximum atomic E-state index is 4.49. The summed E-state index contributed by atoms with van der Waals surface area (Å²) in [5, 5.41) is 4.49. The average molecular weight is 353 g/mol. The predicted molar refractivity (Wildman–Crippen MR) is 106 cm³/mol. The normalized spacial score (nSPS) is 20.4. The van der Waals surface area contributed by atoms with Crippen LogP contribution in [0, 0.1) is 13.8 Å². The number of benzene rings is 1. The predicted octanol–water partition coefficient (Wildman–Crippen LogP) is 3.37. The lowest BCUT2D eigenvalue weighted by atomic mass is 9.94. The molecule has 1 saturated heterocycles. The summed E-state index contributed by atoms with van der Waals surface area (Å²) in [6.45, 7) is 14.5. The van der Waals surface area contributed by atoms with E-state index in [2.05, 4.69) is 70.8 Å². The van der Waals surface area contributed by atoms with E-state index in [4.69, 9.17) is 0 Å². The van der Waals surface area contributed by atoms with Gasteiger partial charge in [-0.3, -0.25) is 14.5 Å². The zero-order chi connectivity index (χ0) is 18.1. The molecule has 0 bridgehead atoms. The van der Waals surface area contributed by atoms with Gasteiger partial charge in [0.05, 0.1) is 6.20 Å². The Labute approximate surface area is 157 Å². The van der Waals surface area contributed by atoms with Gasteiger partial charge in [0.15, 0.2) is 0 Å². The number of rotatable bonds is 6. The molecule has 0 radical (unpaired) electrons. The fraction of sp³-hybridized carbons (Fsp3) is 0.591. The fourth-order valence-corrected chi connectivity index (χ4v) is 4.33. The number of nitrogens with zero attached hydrogens (tertiary/aromatic N) is 4. The van der Waals surface area contributed by atoms with Crippen LogP contribution in [0.4, 0.5) is 0 Å². The summed E-state index contributed by atoms with van der Waals surface area (Å²) >= 11 is 0. The number of aromatic nitrogens is 2. The lowest BCUT2D eigenvalue weighted by Crippen LogP contribution is -2.48. The molecule has 2 aliphatic rings. The first-order valence-electron chi connectivity index (χ1n) is 10.1. The van der Waals surface area contributed by atoms with Gasteiger partial charge in [0.1, 0.15) is 0 Å². The van der Waals surface area contributed by atoms with Crippen LogP contribution in [0.2, 0.25) is 0 Å². The van der Waals surface area contributed by atoms with Crippen molar-refractivity contribution in [2.24, 2.45) is 0 Å². The Balaban J connectivity index is 1.31. The second kappa shape index (κ2) is 7.16. The molecule has 4 heteroatoms. The highest BCUT2D eigenvalue weighted by Gasteiger charge is 2.45. The molecule has 26 heavy (non-hydrogen) atoms. The van der Waals surface area contributed by atoms with Crippen molar-refractivity contribution >= 4 is 0 Å². The molecule has 2 aromatic rings. The van der Waals surface area contributed by atoms with Crippen molar-refractivity contribution in [2.75, 3.05) is 32.7 Å². The second-order valence-corrected chi connectivity index (χ2v) is 8.27. The summed E-state index contributed by atoms with van der Waals surface area (Å²) in [7, 11) is 0. The van der Waals surface area contributed by atoms with Crippen molar-refractivity contribution in [3.8, 4) is 0 Å². The van der Waals surface area contributed by atoms with Gasteiger partial charge in [-0.1, -0.05) is 29.8 Å². The third-order valence-electron chi connectivity index (χ3n) is 6.41. The average Bonchev–Trinajstić information content (AvgIpc) is 3.35. The summed E-state index contributed by atoms with van der Waals surface area (Å²) in [4.78, 5) is 5.28. The molecule has 2 fully saturated rings. The van der Waals surface area contributed by atoms with Crippen LogP contribution in [0.3, 0.4) is 0 Å². The molecule has 1 aliphatic heterocycles. The van der Waals surface area contributed by atoms with Gasteiger partial charge in [-0.05, 0) is 39.2 Å². The van der Waals surface area contributed by atoms with Crippen molar-refractivity contribution < 1.29 is 0 Å². The van der Waals surface area contributed by atoms with Gasteiger partial charge in [0.2, 0.25) is 0 Å². The van der Waals surface area contributed by atoms with Crippen LogP contribution in [-0.2, 0) is 18.5 Å². The lowest BCUT2D eigenvalue weighted by Gasteiger charge is -2.36. The molecular formula is C22H32N4. The maximum Gasteiger partial charge on any atom is 0.0537 e. The number of hydrogen-bond donors (Lipinski definition) is 0. The Morgan fingerprint density at radius 2 is 1.62 bits per heavy atom. The van der Waals surface area contributed by atoms with E-state index in [0.717, 1.165) is 13.1 Å². The van der Waals surface area contributed by atoms with Crippen LogP contribution >= 0.6 is 0 Å². The summed E-state index contributed by atoms with van der Waals surface area (Å²) in [5.41, 5.74) is 6.06. The Morgan fingerprint density at radius 1 is 0.962 bits per heavy atom. The van der Waals surface area contributed by atoms with E-state index >= 15 is 0 Å². The number of aryl methyl sites for hydroxylation is 2. The van der Waals surface area contributed by atoms with Crippen LogP contribution in [-0.4, -0.2) is 52.3 Å². The van der Waals surface area contributed by atoms with Gasteiger partial charge in [0, 0.05) is 62.5 Å². The fourth-order valence-electron chi connectivity index (χ4n) is 4.33. The number of hydrogen-bond acceptors (Lipinski definition) is 3. The minimum Gasteiger partial charge on any atom is -0.300 e. The highest BCUT2D eigenvalue weighted by atomic mass is 15.3. The van der Waals surface area contributed by atoms with Crippen LogP contribution < -0.4 is 0 Å². The van der Waals surface area contributed by atoms with Gasteiger partial charge in [-0.15, -0.1) is 0 Å². The molecule has 1 aromatic carbocycles. The van der Waals surface area contributed by atoms with Crippen molar-refractivity contribution in [3.05, 3.63) is 52.8 Å². The molecule has 4 rings (SSSR count). The molecular weight excluding hydrogens is 320 g/mol. The summed E-state index contributed by atoms with van der Waals surface area (Å²) in [6.07, 6.45) is 4.76. The molecule has 2 heterocycles. The van der Waals surface area contributed by atoms with Crippen molar-refractivity contribution in [3.63, 3.8) is 0 Å². The summed E-state index contributed by atoms with van der Waals surface area (Å²) < 4.78 is 2.10. The SMILES string of the molecule is CCn1ncc(CN2CCN(CC3(c4ccc(C)cc4)CC3)CC2)c1C. The Hall–Kier alpha value is -1.65. The molecule has 0 spiro atoms. The third kappa shape index (κ3) is 3.58. The Kier molecular flexibility index (Phi) is 4.89. The van der Waals surface area contributed by atoms with Gasteiger partial charge >= 0.3 is 0 Å². The quantitative estimate of drug-likeness (QED) is 0.797. The molecule has 0 N–H and O–H groups in total. The molecule has 0 atom stereocenters. The van der Waals surface area contributed by atoms with E-state index in [1.165, 1.54) is 62.4 Å². The summed E-state index contributed by atoms with van der Waals surface area (Å²) in [6, 6.07) is 9.25. The first-order valence-corrected chi connectivity index (χ1v) is 10.1. The largest absolute Gasteiger partial charge is 0.300 e. The van der Waals surface area contributed by atoms with Crippen LogP contribution in [0.25, 0.3) is 0 Å². The Morgan fingerprint density at radius 3 is 2.19 bits per heavy atom. The molecule has 140 valence electrons. The van der Waals surface area contributed by atoms with E-state index in [0.29, 0.717) is 5.41 Å². The number of piperazine rings is 1. The highest BCUT2D eigenvalue weighted by Crippen LogP contribution is 2.48. The smallest absolute Gasteiger partial charge is 0.0537 e. The van der Waals surface area contributed by atoms with Crippen LogP contribution in [0.1, 0.15) is 42.1 Å². The van der Waals surface area contributed by atoms with Gasteiger partial charge in [-0.25, -0.2) is 0 Å².